The zero-order valence-electron chi connectivity index (χ0n) is 18.0. The highest BCUT2D eigenvalue weighted by Gasteiger charge is 2.34. The minimum absolute atomic E-state index is 0.114. The number of halogens is 3. The summed E-state index contributed by atoms with van der Waals surface area (Å²) in [5.74, 6) is 0.376. The van der Waals surface area contributed by atoms with E-state index in [9.17, 15) is 21.6 Å². The molecule has 0 fully saturated rings. The number of para-hydroxylation sites is 2. The first kappa shape index (κ1) is 23.5. The molecule has 4 rings (SSSR count). The first-order valence-corrected chi connectivity index (χ1v) is 11.6. The Kier molecular flexibility index (Phi) is 6.20. The van der Waals surface area contributed by atoms with Gasteiger partial charge in [0.1, 0.15) is 5.75 Å². The molecule has 1 aromatic heterocycles. The van der Waals surface area contributed by atoms with Crippen molar-refractivity contribution in [1.82, 2.24) is 9.78 Å². The van der Waals surface area contributed by atoms with E-state index < -0.39 is 22.6 Å². The Balaban J connectivity index is 2.08. The van der Waals surface area contributed by atoms with Crippen molar-refractivity contribution in [2.45, 2.75) is 17.5 Å². The summed E-state index contributed by atoms with van der Waals surface area (Å²) in [7, 11) is -2.51. The highest BCUT2D eigenvalue weighted by atomic mass is 32.2. The van der Waals surface area contributed by atoms with E-state index >= 15 is 0 Å². The van der Waals surface area contributed by atoms with Crippen molar-refractivity contribution >= 4 is 10.0 Å². The van der Waals surface area contributed by atoms with Crippen LogP contribution in [0.5, 0.6) is 5.75 Å². The summed E-state index contributed by atoms with van der Waals surface area (Å²) >= 11 is 0. The van der Waals surface area contributed by atoms with Crippen molar-refractivity contribution in [3.8, 4) is 33.8 Å². The van der Waals surface area contributed by atoms with Gasteiger partial charge in [-0.15, -0.1) is 0 Å². The zero-order chi connectivity index (χ0) is 24.5. The topological polar surface area (TPSA) is 87.2 Å². The first-order chi connectivity index (χ1) is 16.1. The van der Waals surface area contributed by atoms with Gasteiger partial charge in [-0.1, -0.05) is 48.5 Å². The van der Waals surface area contributed by atoms with Crippen molar-refractivity contribution in [3.63, 3.8) is 0 Å². The number of primary sulfonamides is 1. The summed E-state index contributed by atoms with van der Waals surface area (Å²) in [4.78, 5) is -0.114. The van der Waals surface area contributed by atoms with E-state index in [-0.39, 0.29) is 16.2 Å². The second-order valence-electron chi connectivity index (χ2n) is 7.48. The Morgan fingerprint density at radius 2 is 1.56 bits per heavy atom. The summed E-state index contributed by atoms with van der Waals surface area (Å²) in [6.07, 6.45) is -5.77. The van der Waals surface area contributed by atoms with Crippen molar-refractivity contribution in [1.29, 1.82) is 0 Å². The largest absolute Gasteiger partial charge is 0.496 e. The maximum atomic E-state index is 13.6. The maximum absolute atomic E-state index is 13.6. The lowest BCUT2D eigenvalue weighted by Gasteiger charge is -2.14. The molecular weight excluding hydrogens is 467 g/mol. The summed E-state index contributed by atoms with van der Waals surface area (Å²) in [6, 6.07) is 21.0. The Bertz CT molecular complexity index is 1420. The summed E-state index contributed by atoms with van der Waals surface area (Å²) < 4.78 is 71.1. The van der Waals surface area contributed by atoms with Crippen molar-refractivity contribution in [2.24, 2.45) is 5.14 Å². The highest BCUT2D eigenvalue weighted by molar-refractivity contribution is 7.89. The predicted octanol–water partition coefficient (Wildman–Crippen LogP) is 4.97. The van der Waals surface area contributed by atoms with Gasteiger partial charge in [-0.2, -0.15) is 18.3 Å². The molecule has 1 heterocycles. The lowest BCUT2D eigenvalue weighted by Crippen LogP contribution is -2.13. The van der Waals surface area contributed by atoms with E-state index in [4.69, 9.17) is 9.88 Å². The smallest absolute Gasteiger partial charge is 0.394 e. The molecular formula is C24H20F3N3O3S. The number of methoxy groups -OCH3 is 1. The van der Waals surface area contributed by atoms with Gasteiger partial charge in [0.05, 0.1) is 35.5 Å². The molecule has 0 unspecified atom stereocenters. The van der Waals surface area contributed by atoms with Crippen LogP contribution < -0.4 is 9.88 Å². The molecule has 3 aromatic carbocycles. The molecule has 34 heavy (non-hydrogen) atoms. The Morgan fingerprint density at radius 1 is 0.941 bits per heavy atom. The number of nitrogens with two attached hydrogens (primary N) is 1. The molecule has 0 aliphatic rings. The molecule has 0 atom stereocenters. The molecule has 6 nitrogen and oxygen atoms in total. The van der Waals surface area contributed by atoms with Gasteiger partial charge >= 0.3 is 6.18 Å². The van der Waals surface area contributed by atoms with E-state index in [0.717, 1.165) is 0 Å². The minimum Gasteiger partial charge on any atom is -0.496 e. The van der Waals surface area contributed by atoms with Gasteiger partial charge in [0.15, 0.2) is 0 Å². The van der Waals surface area contributed by atoms with Crippen LogP contribution in [-0.2, 0) is 16.4 Å². The number of ether oxygens (including phenoxy) is 1. The molecule has 0 amide bonds. The number of hydrogen-bond acceptors (Lipinski definition) is 4. The Morgan fingerprint density at radius 3 is 2.15 bits per heavy atom. The number of nitrogens with zero attached hydrogens (tertiary/aromatic N) is 2. The number of hydrogen-bond donors (Lipinski definition) is 1. The molecule has 0 aliphatic heterocycles. The number of sulfonamides is 1. The van der Waals surface area contributed by atoms with Gasteiger partial charge < -0.3 is 4.74 Å². The molecule has 0 bridgehead atoms. The maximum Gasteiger partial charge on any atom is 0.394 e. The lowest BCUT2D eigenvalue weighted by atomic mass is 9.96. The molecule has 10 heteroatoms. The fourth-order valence-electron chi connectivity index (χ4n) is 3.74. The van der Waals surface area contributed by atoms with Gasteiger partial charge in [0.25, 0.3) is 0 Å². The van der Waals surface area contributed by atoms with E-state index in [0.29, 0.717) is 28.3 Å². The standard InChI is InChI=1S/C24H20F3N3O3S/c1-33-21-10-6-5-9-19(21)22-20(15-24(25,26)27)29-30(17-7-3-2-4-8-17)23(22)16-11-13-18(14-12-16)34(28,31)32/h2-14H,15H2,1H3,(H2,28,31,32). The number of rotatable bonds is 6. The summed E-state index contributed by atoms with van der Waals surface area (Å²) in [5, 5.41) is 9.58. The molecule has 0 spiro atoms. The van der Waals surface area contributed by atoms with Crippen LogP contribution in [0.3, 0.4) is 0 Å². The number of aromatic nitrogens is 2. The van der Waals surface area contributed by atoms with Crippen LogP contribution in [0, 0.1) is 0 Å². The van der Waals surface area contributed by atoms with Gasteiger partial charge in [0.2, 0.25) is 10.0 Å². The number of alkyl halides is 3. The third kappa shape index (κ3) is 4.82. The highest BCUT2D eigenvalue weighted by Crippen LogP contribution is 2.42. The quantitative estimate of drug-likeness (QED) is 0.416. The molecule has 0 radical (unpaired) electrons. The van der Waals surface area contributed by atoms with Gasteiger partial charge in [-0.25, -0.2) is 18.2 Å². The van der Waals surface area contributed by atoms with Crippen LogP contribution in [0.25, 0.3) is 28.1 Å². The van der Waals surface area contributed by atoms with E-state index in [2.05, 4.69) is 5.10 Å². The van der Waals surface area contributed by atoms with Crippen LogP contribution in [0.1, 0.15) is 5.69 Å². The van der Waals surface area contributed by atoms with Crippen LogP contribution in [-0.4, -0.2) is 31.5 Å². The normalized spacial score (nSPS) is 12.0. The number of benzene rings is 3. The van der Waals surface area contributed by atoms with E-state index in [1.54, 1.807) is 54.6 Å². The van der Waals surface area contributed by atoms with Crippen LogP contribution >= 0.6 is 0 Å². The second-order valence-corrected chi connectivity index (χ2v) is 9.04. The summed E-state index contributed by atoms with van der Waals surface area (Å²) in [6.45, 7) is 0. The molecule has 176 valence electrons. The fourth-order valence-corrected chi connectivity index (χ4v) is 4.25. The fraction of sp³-hybridized carbons (Fsp3) is 0.125. The predicted molar refractivity (Wildman–Crippen MR) is 122 cm³/mol. The molecule has 4 aromatic rings. The Labute approximate surface area is 194 Å². The first-order valence-electron chi connectivity index (χ1n) is 10.1. The van der Waals surface area contributed by atoms with Gasteiger partial charge in [-0.3, -0.25) is 0 Å². The minimum atomic E-state index is -4.51. The molecule has 0 saturated heterocycles. The van der Waals surface area contributed by atoms with Crippen LogP contribution in [0.15, 0.2) is 83.8 Å². The van der Waals surface area contributed by atoms with Crippen LogP contribution in [0.4, 0.5) is 13.2 Å². The zero-order valence-corrected chi connectivity index (χ0v) is 18.8. The second kappa shape index (κ2) is 8.96. The van der Waals surface area contributed by atoms with Crippen molar-refractivity contribution < 1.29 is 26.3 Å². The van der Waals surface area contributed by atoms with Crippen LogP contribution in [0.2, 0.25) is 0 Å². The van der Waals surface area contributed by atoms with E-state index in [1.807, 2.05) is 0 Å². The van der Waals surface area contributed by atoms with Crippen molar-refractivity contribution in [3.05, 3.63) is 84.6 Å². The SMILES string of the molecule is COc1ccccc1-c1c(CC(F)(F)F)nn(-c2ccccc2)c1-c1ccc(S(N)(=O)=O)cc1. The monoisotopic (exact) mass is 487 g/mol. The average molecular weight is 488 g/mol. The van der Waals surface area contributed by atoms with Gasteiger partial charge in [-0.05, 0) is 30.3 Å². The van der Waals surface area contributed by atoms with Gasteiger partial charge in [0, 0.05) is 16.7 Å². The van der Waals surface area contributed by atoms with Crippen molar-refractivity contribution in [2.75, 3.05) is 7.11 Å². The average Bonchev–Trinajstić information content (AvgIpc) is 3.16. The third-order valence-corrected chi connectivity index (χ3v) is 6.09. The molecule has 2 N–H and O–H groups in total. The third-order valence-electron chi connectivity index (χ3n) is 5.16. The Hall–Kier alpha value is -3.63. The lowest BCUT2D eigenvalue weighted by molar-refractivity contribution is -0.127. The molecule has 0 saturated carbocycles. The van der Waals surface area contributed by atoms with E-state index in [1.165, 1.54) is 36.1 Å². The summed E-state index contributed by atoms with van der Waals surface area (Å²) in [5.41, 5.74) is 1.83. The molecule has 0 aliphatic carbocycles.